The molecule has 0 spiro atoms. The van der Waals surface area contributed by atoms with Crippen LogP contribution in [0.3, 0.4) is 0 Å². The number of halogens is 5. The number of rotatable bonds is 3. The Morgan fingerprint density at radius 2 is 1.77 bits per heavy atom. The normalized spacial score (nSPS) is 19.4. The van der Waals surface area contributed by atoms with Gasteiger partial charge in [-0.25, -0.2) is 26.7 Å². The lowest BCUT2D eigenvalue weighted by molar-refractivity contribution is -0.138. The number of aliphatic hydroxyl groups is 1. The molecule has 2 aliphatic rings. The van der Waals surface area contributed by atoms with Crippen molar-refractivity contribution < 1.29 is 35.5 Å². The molecule has 1 aliphatic carbocycles. The predicted molar refractivity (Wildman–Crippen MR) is 114 cm³/mol. The Labute approximate surface area is 196 Å². The Kier molecular flexibility index (Phi) is 6.68. The molecule has 1 saturated carbocycles. The summed E-state index contributed by atoms with van der Waals surface area (Å²) < 4.78 is 91.0. The summed E-state index contributed by atoms with van der Waals surface area (Å²) in [5, 5.41) is 12.9. The largest absolute Gasteiger partial charge is 0.417 e. The second-order valence-electron chi connectivity index (χ2n) is 8.24. The summed E-state index contributed by atoms with van der Waals surface area (Å²) in [6, 6.07) is 1.17. The van der Waals surface area contributed by atoms with E-state index in [0.717, 1.165) is 42.5 Å². The fourth-order valence-corrected chi connectivity index (χ4v) is 5.56. The first-order valence-corrected chi connectivity index (χ1v) is 12.1. The molecule has 0 bridgehead atoms. The van der Waals surface area contributed by atoms with E-state index in [1.165, 1.54) is 4.31 Å². The molecule has 3 aromatic heterocycles. The first-order chi connectivity index (χ1) is 16.4. The maximum atomic E-state index is 13.9. The summed E-state index contributed by atoms with van der Waals surface area (Å²) in [5.74, 6) is -2.25. The number of anilines is 1. The molecule has 9 nitrogen and oxygen atoms in total. The van der Waals surface area contributed by atoms with Gasteiger partial charge in [-0.1, -0.05) is 0 Å². The van der Waals surface area contributed by atoms with Crippen molar-refractivity contribution in [2.75, 3.05) is 18.8 Å². The van der Waals surface area contributed by atoms with E-state index in [2.05, 4.69) is 15.1 Å². The first-order valence-electron chi connectivity index (χ1n) is 10.6. The Morgan fingerprint density at radius 1 is 1.06 bits per heavy atom. The van der Waals surface area contributed by atoms with Crippen LogP contribution in [0.4, 0.5) is 27.9 Å². The summed E-state index contributed by atoms with van der Waals surface area (Å²) in [5.41, 5.74) is 3.36. The fourth-order valence-electron chi connectivity index (χ4n) is 3.64. The summed E-state index contributed by atoms with van der Waals surface area (Å²) >= 11 is 0. The highest BCUT2D eigenvalue weighted by Gasteiger charge is 2.41. The fraction of sp³-hybridized carbons (Fsp3) is 0.450. The van der Waals surface area contributed by atoms with E-state index in [1.807, 2.05) is 0 Å². The maximum Gasteiger partial charge on any atom is 0.417 e. The van der Waals surface area contributed by atoms with Gasteiger partial charge in [-0.05, 0) is 31.7 Å². The van der Waals surface area contributed by atoms with Crippen molar-refractivity contribution in [1.29, 1.82) is 0 Å². The van der Waals surface area contributed by atoms with Gasteiger partial charge in [0.1, 0.15) is 11.2 Å². The van der Waals surface area contributed by atoms with Crippen LogP contribution >= 0.6 is 0 Å². The van der Waals surface area contributed by atoms with Crippen LogP contribution in [0.15, 0.2) is 24.5 Å². The standard InChI is InChI=1S/C12H6F5N5.C8H15NO3S/c13-6-2-8(22-9(6)4-20-11(18)21-22)10-7(14)1-5(3-19-10)12(15,16)17;10-7-2-1-5-9(6-7)13(11,12)8-3-4-8/h1-4H,(H2,18,21);7-8,10H,1-6H2. The minimum Gasteiger partial charge on any atom is -0.392 e. The number of sulfonamides is 1. The topological polar surface area (TPSA) is 127 Å². The van der Waals surface area contributed by atoms with E-state index in [1.54, 1.807) is 0 Å². The van der Waals surface area contributed by atoms with Crippen molar-refractivity contribution in [1.82, 2.24) is 23.9 Å². The number of alkyl halides is 3. The van der Waals surface area contributed by atoms with Gasteiger partial charge in [-0.2, -0.15) is 17.5 Å². The number of nitrogen functional groups attached to an aromatic ring is 1. The molecule has 15 heteroatoms. The van der Waals surface area contributed by atoms with Crippen LogP contribution in [0.2, 0.25) is 0 Å². The predicted octanol–water partition coefficient (Wildman–Crippen LogP) is 2.61. The van der Waals surface area contributed by atoms with Crippen molar-refractivity contribution in [2.45, 2.75) is 43.2 Å². The second-order valence-corrected chi connectivity index (χ2v) is 10.5. The Hall–Kier alpha value is -2.91. The molecule has 3 aromatic rings. The van der Waals surface area contributed by atoms with Gasteiger partial charge in [0.2, 0.25) is 16.0 Å². The van der Waals surface area contributed by atoms with Crippen molar-refractivity contribution in [3.63, 3.8) is 0 Å². The number of aromatic nitrogens is 4. The summed E-state index contributed by atoms with van der Waals surface area (Å²) in [6.07, 6.45) is -0.537. The van der Waals surface area contributed by atoms with E-state index in [9.17, 15) is 35.5 Å². The van der Waals surface area contributed by atoms with Gasteiger partial charge in [-0.15, -0.1) is 5.10 Å². The lowest BCUT2D eigenvalue weighted by atomic mass is 10.1. The summed E-state index contributed by atoms with van der Waals surface area (Å²) in [7, 11) is -3.05. The average Bonchev–Trinajstić information content (AvgIpc) is 3.59. The van der Waals surface area contributed by atoms with Crippen LogP contribution in [0.25, 0.3) is 16.9 Å². The number of nitrogens with two attached hydrogens (primary N) is 1. The highest BCUT2D eigenvalue weighted by atomic mass is 32.2. The van der Waals surface area contributed by atoms with Gasteiger partial charge in [-0.3, -0.25) is 4.98 Å². The van der Waals surface area contributed by atoms with Crippen molar-refractivity contribution in [3.8, 4) is 11.4 Å². The van der Waals surface area contributed by atoms with E-state index in [-0.39, 0.29) is 28.5 Å². The number of β-amino-alcohol motifs (C(OH)–C–C–N with tert-alkyl or cyclic N) is 1. The SMILES string of the molecule is Nc1ncc2c(F)cc(-c3ncc(C(F)(F)F)cc3F)n2n1.O=S(=O)(C1CC1)N1CCCC(O)C1. The van der Waals surface area contributed by atoms with Crippen LogP contribution in [0.5, 0.6) is 0 Å². The first kappa shape index (κ1) is 25.2. The van der Waals surface area contributed by atoms with Crippen molar-refractivity contribution in [3.05, 3.63) is 41.7 Å². The minimum absolute atomic E-state index is 0.106. The van der Waals surface area contributed by atoms with Gasteiger partial charge in [0.15, 0.2) is 11.6 Å². The van der Waals surface area contributed by atoms with Crippen LogP contribution in [-0.2, 0) is 16.2 Å². The molecular formula is C20H21F5N6O3S. The van der Waals surface area contributed by atoms with E-state index < -0.39 is 45.2 Å². The maximum absolute atomic E-state index is 13.9. The minimum atomic E-state index is -4.73. The molecule has 3 N–H and O–H groups in total. The molecule has 2 fully saturated rings. The number of piperidine rings is 1. The quantitative estimate of drug-likeness (QED) is 0.509. The number of nitrogens with zero attached hydrogens (tertiary/aromatic N) is 5. The molecule has 5 rings (SSSR count). The monoisotopic (exact) mass is 520 g/mol. The highest BCUT2D eigenvalue weighted by Crippen LogP contribution is 2.33. The highest BCUT2D eigenvalue weighted by molar-refractivity contribution is 7.90. The van der Waals surface area contributed by atoms with Gasteiger partial charge in [0.05, 0.1) is 28.8 Å². The molecule has 1 atom stereocenters. The molecule has 4 heterocycles. The molecule has 0 amide bonds. The Morgan fingerprint density at radius 3 is 2.37 bits per heavy atom. The van der Waals surface area contributed by atoms with Gasteiger partial charge >= 0.3 is 6.18 Å². The molecule has 0 radical (unpaired) electrons. The number of fused-ring (bicyclic) bond motifs is 1. The van der Waals surface area contributed by atoms with E-state index >= 15 is 0 Å². The Balaban J connectivity index is 0.000000189. The third kappa shape index (κ3) is 5.36. The molecule has 35 heavy (non-hydrogen) atoms. The third-order valence-electron chi connectivity index (χ3n) is 5.56. The molecule has 0 aromatic carbocycles. The van der Waals surface area contributed by atoms with Crippen LogP contribution < -0.4 is 5.73 Å². The third-order valence-corrected chi connectivity index (χ3v) is 7.93. The zero-order valence-electron chi connectivity index (χ0n) is 18.1. The smallest absolute Gasteiger partial charge is 0.392 e. The number of pyridine rings is 1. The molecule has 1 aliphatic heterocycles. The Bertz CT molecular complexity index is 1340. The lowest BCUT2D eigenvalue weighted by Crippen LogP contribution is -2.43. The van der Waals surface area contributed by atoms with Crippen LogP contribution in [-0.4, -0.2) is 61.9 Å². The average molecular weight is 520 g/mol. The van der Waals surface area contributed by atoms with Crippen molar-refractivity contribution in [2.24, 2.45) is 0 Å². The summed E-state index contributed by atoms with van der Waals surface area (Å²) in [6.45, 7) is 0.898. The van der Waals surface area contributed by atoms with Gasteiger partial charge in [0.25, 0.3) is 0 Å². The van der Waals surface area contributed by atoms with Gasteiger partial charge < -0.3 is 10.8 Å². The lowest BCUT2D eigenvalue weighted by Gasteiger charge is -2.29. The zero-order chi connectivity index (χ0) is 25.5. The van der Waals surface area contributed by atoms with Gasteiger partial charge in [0, 0.05) is 25.4 Å². The number of hydrogen-bond acceptors (Lipinski definition) is 7. The molecule has 190 valence electrons. The zero-order valence-corrected chi connectivity index (χ0v) is 18.9. The number of aliphatic hydroxyl groups excluding tert-OH is 1. The summed E-state index contributed by atoms with van der Waals surface area (Å²) in [4.78, 5) is 7.01. The van der Waals surface area contributed by atoms with Crippen LogP contribution in [0, 0.1) is 11.6 Å². The van der Waals surface area contributed by atoms with E-state index in [4.69, 9.17) is 5.73 Å². The molecule has 1 saturated heterocycles. The number of hydrogen-bond donors (Lipinski definition) is 2. The second kappa shape index (κ2) is 9.28. The van der Waals surface area contributed by atoms with Crippen molar-refractivity contribution >= 4 is 21.5 Å². The van der Waals surface area contributed by atoms with E-state index in [0.29, 0.717) is 19.3 Å². The molecule has 1 unspecified atom stereocenters. The molecular weight excluding hydrogens is 499 g/mol. The van der Waals surface area contributed by atoms with Crippen LogP contribution in [0.1, 0.15) is 31.2 Å².